The number of carboxylic acid groups (broad SMARTS) is 1. The van der Waals surface area contributed by atoms with Crippen LogP contribution in [0.2, 0.25) is 0 Å². The Kier molecular flexibility index (Phi) is 5.62. The first-order valence-corrected chi connectivity index (χ1v) is 8.32. The molecule has 0 atom stereocenters. The molecule has 1 saturated heterocycles. The van der Waals surface area contributed by atoms with Crippen LogP contribution in [0.1, 0.15) is 58.3 Å². The highest BCUT2D eigenvalue weighted by Gasteiger charge is 2.41. The van der Waals surface area contributed by atoms with Crippen LogP contribution in [0.25, 0.3) is 0 Å². The van der Waals surface area contributed by atoms with Crippen molar-refractivity contribution >= 4 is 11.9 Å². The van der Waals surface area contributed by atoms with E-state index >= 15 is 0 Å². The molecule has 2 N–H and O–H groups in total. The van der Waals surface area contributed by atoms with Crippen molar-refractivity contribution in [2.45, 2.75) is 64.3 Å². The summed E-state index contributed by atoms with van der Waals surface area (Å²) < 4.78 is 0. The molecule has 0 bridgehead atoms. The maximum Gasteiger partial charge on any atom is 0.309 e. The van der Waals surface area contributed by atoms with E-state index in [1.807, 2.05) is 11.8 Å². The van der Waals surface area contributed by atoms with Crippen molar-refractivity contribution in [2.75, 3.05) is 19.6 Å². The maximum atomic E-state index is 12.2. The van der Waals surface area contributed by atoms with Gasteiger partial charge in [0.2, 0.25) is 5.91 Å². The molecule has 0 aromatic heterocycles. The fourth-order valence-electron chi connectivity index (χ4n) is 3.71. The number of amides is 1. The maximum absolute atomic E-state index is 12.2. The summed E-state index contributed by atoms with van der Waals surface area (Å²) in [6, 6.07) is 0.497. The lowest BCUT2D eigenvalue weighted by Crippen LogP contribution is -2.49. The molecule has 0 radical (unpaired) electrons. The molecule has 1 heterocycles. The monoisotopic (exact) mass is 296 g/mol. The molecule has 0 unspecified atom stereocenters. The first-order valence-electron chi connectivity index (χ1n) is 8.32. The Morgan fingerprint density at radius 1 is 1.24 bits per heavy atom. The van der Waals surface area contributed by atoms with Crippen molar-refractivity contribution in [3.8, 4) is 0 Å². The molecule has 1 aliphatic carbocycles. The number of hydrogen-bond donors (Lipinski definition) is 2. The summed E-state index contributed by atoms with van der Waals surface area (Å²) in [4.78, 5) is 25.6. The summed E-state index contributed by atoms with van der Waals surface area (Å²) in [6.45, 7) is 3.58. The van der Waals surface area contributed by atoms with E-state index in [-0.39, 0.29) is 5.91 Å². The van der Waals surface area contributed by atoms with Gasteiger partial charge in [0.15, 0.2) is 0 Å². The van der Waals surface area contributed by atoms with Crippen LogP contribution >= 0.6 is 0 Å². The topological polar surface area (TPSA) is 69.6 Å². The molecule has 0 spiro atoms. The van der Waals surface area contributed by atoms with Crippen LogP contribution < -0.4 is 5.32 Å². The molecule has 2 fully saturated rings. The van der Waals surface area contributed by atoms with Crippen LogP contribution in [0, 0.1) is 5.41 Å². The van der Waals surface area contributed by atoms with Gasteiger partial charge in [-0.05, 0) is 32.1 Å². The number of carbonyl (C=O) groups is 2. The lowest BCUT2D eigenvalue weighted by molar-refractivity contribution is -0.154. The second-order valence-corrected chi connectivity index (χ2v) is 6.58. The first kappa shape index (κ1) is 16.3. The summed E-state index contributed by atoms with van der Waals surface area (Å²) in [5, 5.41) is 12.8. The number of hydrogen-bond acceptors (Lipinski definition) is 3. The van der Waals surface area contributed by atoms with Crippen molar-refractivity contribution in [3.05, 3.63) is 0 Å². The molecule has 1 aliphatic heterocycles. The SMILES string of the molecule is CCCC1(C(=O)O)CCN(C(=O)CNC2CCCC2)CC1. The van der Waals surface area contributed by atoms with Gasteiger partial charge >= 0.3 is 5.97 Å². The van der Waals surface area contributed by atoms with Crippen LogP contribution in [-0.4, -0.2) is 47.6 Å². The van der Waals surface area contributed by atoms with Crippen LogP contribution in [0.3, 0.4) is 0 Å². The average molecular weight is 296 g/mol. The van der Waals surface area contributed by atoms with E-state index < -0.39 is 11.4 Å². The standard InChI is InChI=1S/C16H28N2O3/c1-2-7-16(15(20)21)8-10-18(11-9-16)14(19)12-17-13-5-3-4-6-13/h13,17H,2-12H2,1H3,(H,20,21). The Labute approximate surface area is 127 Å². The fraction of sp³-hybridized carbons (Fsp3) is 0.875. The first-order chi connectivity index (χ1) is 10.1. The number of nitrogens with zero attached hydrogens (tertiary/aromatic N) is 1. The van der Waals surface area contributed by atoms with Crippen LogP contribution in [0.15, 0.2) is 0 Å². The van der Waals surface area contributed by atoms with Gasteiger partial charge in [-0.1, -0.05) is 26.2 Å². The minimum atomic E-state index is -0.694. The van der Waals surface area contributed by atoms with E-state index in [0.717, 1.165) is 6.42 Å². The van der Waals surface area contributed by atoms with Crippen molar-refractivity contribution < 1.29 is 14.7 Å². The van der Waals surface area contributed by atoms with E-state index in [0.29, 0.717) is 44.9 Å². The minimum absolute atomic E-state index is 0.123. The van der Waals surface area contributed by atoms with Crippen molar-refractivity contribution in [1.82, 2.24) is 10.2 Å². The highest BCUT2D eigenvalue weighted by Crippen LogP contribution is 2.36. The van der Waals surface area contributed by atoms with E-state index in [9.17, 15) is 14.7 Å². The number of likely N-dealkylation sites (tertiary alicyclic amines) is 1. The fourth-order valence-corrected chi connectivity index (χ4v) is 3.71. The smallest absolute Gasteiger partial charge is 0.309 e. The van der Waals surface area contributed by atoms with Crippen molar-refractivity contribution in [2.24, 2.45) is 5.41 Å². The number of carboxylic acids is 1. The molecule has 120 valence electrons. The molecule has 0 aromatic rings. The zero-order valence-electron chi connectivity index (χ0n) is 13.1. The van der Waals surface area contributed by atoms with Crippen molar-refractivity contribution in [3.63, 3.8) is 0 Å². The average Bonchev–Trinajstić information content (AvgIpc) is 2.99. The number of nitrogens with one attached hydrogen (secondary N) is 1. The second-order valence-electron chi connectivity index (χ2n) is 6.58. The van der Waals surface area contributed by atoms with E-state index in [1.165, 1.54) is 25.7 Å². The van der Waals surface area contributed by atoms with E-state index in [4.69, 9.17) is 0 Å². The van der Waals surface area contributed by atoms with Gasteiger partial charge in [-0.2, -0.15) is 0 Å². The number of rotatable bonds is 6. The molecule has 5 heteroatoms. The third kappa shape index (κ3) is 3.96. The molecule has 1 saturated carbocycles. The van der Waals surface area contributed by atoms with Crippen LogP contribution in [0.5, 0.6) is 0 Å². The summed E-state index contributed by atoms with van der Waals surface area (Å²) in [6.07, 6.45) is 7.63. The van der Waals surface area contributed by atoms with E-state index in [2.05, 4.69) is 5.32 Å². The predicted octanol–water partition coefficient (Wildman–Crippen LogP) is 2.01. The minimum Gasteiger partial charge on any atom is -0.481 e. The van der Waals surface area contributed by atoms with Crippen LogP contribution in [0.4, 0.5) is 0 Å². The second kappa shape index (κ2) is 7.25. The zero-order chi connectivity index (χ0) is 15.3. The highest BCUT2D eigenvalue weighted by atomic mass is 16.4. The number of carbonyl (C=O) groups excluding carboxylic acids is 1. The normalized spacial score (nSPS) is 22.4. The highest BCUT2D eigenvalue weighted by molar-refractivity contribution is 5.79. The van der Waals surface area contributed by atoms with Gasteiger partial charge in [0.1, 0.15) is 0 Å². The third-order valence-electron chi connectivity index (χ3n) is 5.15. The largest absolute Gasteiger partial charge is 0.481 e. The Morgan fingerprint density at radius 2 is 1.86 bits per heavy atom. The van der Waals surface area contributed by atoms with Gasteiger partial charge in [-0.25, -0.2) is 0 Å². The predicted molar refractivity (Wildman–Crippen MR) is 81.0 cm³/mol. The Balaban J connectivity index is 1.79. The molecular formula is C16H28N2O3. The molecule has 0 aromatic carbocycles. The number of aliphatic carboxylic acids is 1. The molecule has 2 aliphatic rings. The summed E-state index contributed by atoms with van der Waals surface area (Å²) >= 11 is 0. The van der Waals surface area contributed by atoms with Crippen molar-refractivity contribution in [1.29, 1.82) is 0 Å². The third-order valence-corrected chi connectivity index (χ3v) is 5.15. The quantitative estimate of drug-likeness (QED) is 0.786. The Bertz CT molecular complexity index is 370. The Hall–Kier alpha value is -1.10. The Morgan fingerprint density at radius 3 is 2.38 bits per heavy atom. The summed E-state index contributed by atoms with van der Waals surface area (Å²) in [7, 11) is 0. The molecule has 2 rings (SSSR count). The molecule has 21 heavy (non-hydrogen) atoms. The summed E-state index contributed by atoms with van der Waals surface area (Å²) in [5.74, 6) is -0.571. The lowest BCUT2D eigenvalue weighted by atomic mass is 9.75. The number of piperidine rings is 1. The molecule has 5 nitrogen and oxygen atoms in total. The molecule has 1 amide bonds. The van der Waals surface area contributed by atoms with Crippen LogP contribution in [-0.2, 0) is 9.59 Å². The van der Waals surface area contributed by atoms with Gasteiger partial charge in [-0.15, -0.1) is 0 Å². The van der Waals surface area contributed by atoms with Gasteiger partial charge in [0, 0.05) is 19.1 Å². The van der Waals surface area contributed by atoms with Gasteiger partial charge in [-0.3, -0.25) is 9.59 Å². The van der Waals surface area contributed by atoms with Gasteiger partial charge in [0.05, 0.1) is 12.0 Å². The summed E-state index contributed by atoms with van der Waals surface area (Å²) in [5.41, 5.74) is -0.607. The van der Waals surface area contributed by atoms with E-state index in [1.54, 1.807) is 0 Å². The zero-order valence-corrected chi connectivity index (χ0v) is 13.1. The van der Waals surface area contributed by atoms with Gasteiger partial charge in [0.25, 0.3) is 0 Å². The lowest BCUT2D eigenvalue weighted by Gasteiger charge is -2.39. The molecular weight excluding hydrogens is 268 g/mol. The van der Waals surface area contributed by atoms with Gasteiger partial charge < -0.3 is 15.3 Å².